The van der Waals surface area contributed by atoms with Crippen molar-refractivity contribution in [2.45, 2.75) is 20.5 Å². The van der Waals surface area contributed by atoms with Crippen LogP contribution in [0.5, 0.6) is 5.75 Å². The van der Waals surface area contributed by atoms with E-state index in [9.17, 15) is 4.79 Å². The summed E-state index contributed by atoms with van der Waals surface area (Å²) in [4.78, 5) is 22.6. The highest BCUT2D eigenvalue weighted by atomic mass is 16.6. The third-order valence-electron chi connectivity index (χ3n) is 4.17. The highest BCUT2D eigenvalue weighted by Gasteiger charge is 2.21. The molecule has 2 aromatic carbocycles. The quantitative estimate of drug-likeness (QED) is 0.424. The topological polar surface area (TPSA) is 80.3 Å². The Kier molecular flexibility index (Phi) is 7.56. The predicted molar refractivity (Wildman–Crippen MR) is 105 cm³/mol. The van der Waals surface area contributed by atoms with E-state index in [4.69, 9.17) is 19.1 Å². The van der Waals surface area contributed by atoms with Gasteiger partial charge in [0.2, 0.25) is 5.71 Å². The molecule has 0 heterocycles. The first kappa shape index (κ1) is 21.0. The van der Waals surface area contributed by atoms with Crippen LogP contribution in [-0.2, 0) is 25.8 Å². The van der Waals surface area contributed by atoms with Gasteiger partial charge in [-0.3, -0.25) is 4.84 Å². The number of carbonyl (C=O) groups excluding carboxylic acids is 1. The van der Waals surface area contributed by atoms with Gasteiger partial charge in [0.15, 0.2) is 12.3 Å². The Morgan fingerprint density at radius 1 is 1.11 bits per heavy atom. The van der Waals surface area contributed by atoms with E-state index in [-0.39, 0.29) is 12.3 Å². The minimum atomic E-state index is -0.583. The second-order valence-corrected chi connectivity index (χ2v) is 5.96. The van der Waals surface area contributed by atoms with Crippen molar-refractivity contribution >= 4 is 17.4 Å². The van der Waals surface area contributed by atoms with Gasteiger partial charge in [0.1, 0.15) is 12.9 Å². The van der Waals surface area contributed by atoms with Gasteiger partial charge in [-0.25, -0.2) is 4.79 Å². The van der Waals surface area contributed by atoms with Gasteiger partial charge in [-0.15, -0.1) is 0 Å². The first-order valence-electron chi connectivity index (χ1n) is 8.66. The molecule has 2 rings (SSSR count). The largest absolute Gasteiger partial charge is 0.497 e. The van der Waals surface area contributed by atoms with E-state index in [0.717, 1.165) is 28.2 Å². The maximum atomic E-state index is 12.1. The third kappa shape index (κ3) is 5.09. The smallest absolute Gasteiger partial charge is 0.360 e. The Balaban J connectivity index is 2.26. The van der Waals surface area contributed by atoms with Gasteiger partial charge < -0.3 is 14.3 Å². The summed E-state index contributed by atoms with van der Waals surface area (Å²) in [6.45, 7) is 4.05. The maximum Gasteiger partial charge on any atom is 0.360 e. The lowest BCUT2D eigenvalue weighted by Crippen LogP contribution is -2.71. The van der Waals surface area contributed by atoms with E-state index in [2.05, 4.69) is 10.3 Å². The van der Waals surface area contributed by atoms with Gasteiger partial charge in [-0.2, -0.15) is 0 Å². The van der Waals surface area contributed by atoms with Crippen molar-refractivity contribution in [3.8, 4) is 5.75 Å². The molecule has 0 saturated heterocycles. The molecule has 0 aliphatic rings. The molecular weight excluding hydrogens is 360 g/mol. The number of ether oxygens (including phenoxy) is 2. The number of esters is 1. The second-order valence-electron chi connectivity index (χ2n) is 5.96. The molecule has 0 unspecified atom stereocenters. The second kappa shape index (κ2) is 10.1. The first-order chi connectivity index (χ1) is 13.5. The van der Waals surface area contributed by atoms with Gasteiger partial charge >= 0.3 is 5.97 Å². The lowest BCUT2D eigenvalue weighted by atomic mass is 9.99. The van der Waals surface area contributed by atoms with Crippen LogP contribution in [0, 0.1) is 6.92 Å². The summed E-state index contributed by atoms with van der Waals surface area (Å²) < 4.78 is 10.1. The van der Waals surface area contributed by atoms with E-state index in [1.807, 2.05) is 50.2 Å². The molecule has 7 heteroatoms. The maximum absolute atomic E-state index is 12.1. The molecule has 0 atom stereocenters. The van der Waals surface area contributed by atoms with E-state index >= 15 is 0 Å². The molecule has 148 valence electrons. The molecule has 0 spiro atoms. The fourth-order valence-corrected chi connectivity index (χ4v) is 2.63. The number of hydrogen-bond donors (Lipinski definition) is 1. The molecule has 0 bridgehead atoms. The van der Waals surface area contributed by atoms with Crippen molar-refractivity contribution in [1.29, 1.82) is 0 Å². The number of nitrogens with one attached hydrogen (secondary N) is 1. The van der Waals surface area contributed by atoms with Crippen molar-refractivity contribution in [1.82, 2.24) is 0 Å². The van der Waals surface area contributed by atoms with Crippen LogP contribution in [0.15, 0.2) is 47.6 Å². The zero-order chi connectivity index (χ0) is 20.5. The van der Waals surface area contributed by atoms with Gasteiger partial charge in [0.05, 0.1) is 14.2 Å². The molecule has 1 N–H and O–H groups in total. The third-order valence-corrected chi connectivity index (χ3v) is 4.17. The average molecular weight is 385 g/mol. The van der Waals surface area contributed by atoms with Crippen LogP contribution >= 0.6 is 0 Å². The number of oxime groups is 1. The van der Waals surface area contributed by atoms with E-state index in [1.54, 1.807) is 13.2 Å². The molecule has 0 aliphatic heterocycles. The fraction of sp³-hybridized carbons (Fsp3) is 0.286. The van der Waals surface area contributed by atoms with Gasteiger partial charge in [0.25, 0.3) is 0 Å². The first-order valence-corrected chi connectivity index (χ1v) is 8.66. The Bertz CT molecular complexity index is 890. The lowest BCUT2D eigenvalue weighted by Gasteiger charge is -2.11. The molecule has 0 aromatic heterocycles. The highest BCUT2D eigenvalue weighted by Crippen LogP contribution is 2.17. The number of aryl methyl sites for hydroxylation is 1. The summed E-state index contributed by atoms with van der Waals surface area (Å²) in [7, 11) is 4.30. The normalized spacial score (nSPS) is 11.8. The molecule has 0 radical (unpaired) electrons. The molecule has 28 heavy (non-hydrogen) atoms. The summed E-state index contributed by atoms with van der Waals surface area (Å²) in [5, 5.41) is 6.76. The summed E-state index contributed by atoms with van der Waals surface area (Å²) in [5.74, 6) is 0.180. The van der Waals surface area contributed by atoms with Crippen LogP contribution in [0.4, 0.5) is 0 Å². The fourth-order valence-electron chi connectivity index (χ4n) is 2.63. The van der Waals surface area contributed by atoms with Crippen molar-refractivity contribution in [2.24, 2.45) is 5.16 Å². The molecule has 0 fully saturated rings. The minimum Gasteiger partial charge on any atom is -0.497 e. The van der Waals surface area contributed by atoms with Crippen LogP contribution < -0.4 is 9.89 Å². The van der Waals surface area contributed by atoms with E-state index < -0.39 is 5.97 Å². The number of hydrogen-bond acceptors (Lipinski definition) is 6. The summed E-state index contributed by atoms with van der Waals surface area (Å²) in [6.07, 6.45) is 0. The van der Waals surface area contributed by atoms with Crippen LogP contribution in [0.25, 0.3) is 0 Å². The van der Waals surface area contributed by atoms with Crippen molar-refractivity contribution < 1.29 is 29.1 Å². The van der Waals surface area contributed by atoms with Crippen LogP contribution in [0.2, 0.25) is 0 Å². The molecule has 7 nitrogen and oxygen atoms in total. The van der Waals surface area contributed by atoms with Crippen molar-refractivity contribution in [2.75, 3.05) is 21.3 Å². The average Bonchev–Trinajstić information content (AvgIpc) is 2.72. The molecular formula is C21H25N2O5+. The number of nitrogens with zero attached hydrogens (tertiary/aromatic N) is 1. The number of benzene rings is 2. The van der Waals surface area contributed by atoms with Gasteiger partial charge in [0, 0.05) is 23.6 Å². The monoisotopic (exact) mass is 385 g/mol. The Hall–Kier alpha value is -3.35. The summed E-state index contributed by atoms with van der Waals surface area (Å²) >= 11 is 0. The number of rotatable bonds is 8. The summed E-state index contributed by atoms with van der Waals surface area (Å²) in [6, 6.07) is 13.2. The van der Waals surface area contributed by atoms with E-state index in [0.29, 0.717) is 5.56 Å². The molecule has 0 aliphatic carbocycles. The van der Waals surface area contributed by atoms with Crippen LogP contribution in [-0.4, -0.2) is 38.7 Å². The Morgan fingerprint density at radius 2 is 1.86 bits per heavy atom. The van der Waals surface area contributed by atoms with Gasteiger partial charge in [-0.05, 0) is 35.8 Å². The van der Waals surface area contributed by atoms with Crippen molar-refractivity contribution in [3.05, 3.63) is 64.7 Å². The summed E-state index contributed by atoms with van der Waals surface area (Å²) in [5.41, 5.74) is 4.20. The molecule has 2 aromatic rings. The standard InChI is InChI=1S/C21H24N2O5/c1-14-8-6-11-18(20(23-27-5)21(24)26-4)19(14)13-28-22-15(2)16-9-7-10-17(12-16)25-3/h6-12H,13H2,1-5H3/p+1/b22-15+,23-20+. The van der Waals surface area contributed by atoms with Gasteiger partial charge in [-0.1, -0.05) is 29.4 Å². The Morgan fingerprint density at radius 3 is 2.54 bits per heavy atom. The zero-order valence-electron chi connectivity index (χ0n) is 16.7. The number of carbonyl (C=O) groups is 1. The van der Waals surface area contributed by atoms with E-state index in [1.165, 1.54) is 14.2 Å². The Labute approximate surface area is 164 Å². The zero-order valence-corrected chi connectivity index (χ0v) is 16.7. The van der Waals surface area contributed by atoms with Crippen molar-refractivity contribution in [3.63, 3.8) is 0 Å². The molecule has 0 saturated carbocycles. The SMILES string of the molecule is CO/N=C(/C(=O)OC)c1cccc(C)c1CO/[NH+]=C(\C)c1cccc(OC)c1. The predicted octanol–water partition coefficient (Wildman–Crippen LogP) is 1.55. The lowest BCUT2D eigenvalue weighted by molar-refractivity contribution is -0.758. The number of methoxy groups -OCH3 is 2. The molecule has 0 amide bonds. The highest BCUT2D eigenvalue weighted by molar-refractivity contribution is 6.43. The van der Waals surface area contributed by atoms with Crippen LogP contribution in [0.3, 0.4) is 0 Å². The van der Waals surface area contributed by atoms with Crippen LogP contribution in [0.1, 0.15) is 29.2 Å². The minimum absolute atomic E-state index is 0.0841.